The van der Waals surface area contributed by atoms with Crippen LogP contribution in [0.1, 0.15) is 41.9 Å². The van der Waals surface area contributed by atoms with Crippen LogP contribution in [0.5, 0.6) is 0 Å². The summed E-state index contributed by atoms with van der Waals surface area (Å²) in [4.78, 5) is 23.6. The molecule has 1 fully saturated rings. The zero-order valence-electron chi connectivity index (χ0n) is 13.4. The molecule has 2 aromatic rings. The fourth-order valence-electron chi connectivity index (χ4n) is 2.47. The molecule has 1 aliphatic carbocycles. The topological polar surface area (TPSA) is 103 Å². The Hall–Kier alpha value is -2.35. The third-order valence-electron chi connectivity index (χ3n) is 3.80. The van der Waals surface area contributed by atoms with E-state index in [1.165, 1.54) is 11.8 Å². The maximum atomic E-state index is 12.2. The van der Waals surface area contributed by atoms with E-state index in [2.05, 4.69) is 20.1 Å². The molecule has 1 aromatic heterocycles. The molecular weight excluding hydrogens is 326 g/mol. The highest BCUT2D eigenvalue weighted by Gasteiger charge is 2.30. The SMILES string of the molecule is CCn1c(SCC(=O)Nc2ccccc2C(N)=O)nnc1C1CC1. The summed E-state index contributed by atoms with van der Waals surface area (Å²) in [7, 11) is 0. The summed E-state index contributed by atoms with van der Waals surface area (Å²) in [5, 5.41) is 11.9. The number of rotatable bonds is 7. The molecule has 8 heteroatoms. The van der Waals surface area contributed by atoms with Gasteiger partial charge in [0.15, 0.2) is 5.16 Å². The molecule has 0 unspecified atom stereocenters. The van der Waals surface area contributed by atoms with E-state index in [1.807, 2.05) is 6.92 Å². The Morgan fingerprint density at radius 3 is 2.75 bits per heavy atom. The Kier molecular flexibility index (Phi) is 4.84. The number of aromatic nitrogens is 3. The zero-order chi connectivity index (χ0) is 17.1. The molecule has 1 heterocycles. The Bertz CT molecular complexity index is 770. The van der Waals surface area contributed by atoms with Gasteiger partial charge in [-0.1, -0.05) is 23.9 Å². The molecule has 0 atom stereocenters. The van der Waals surface area contributed by atoms with Crippen molar-refractivity contribution >= 4 is 29.3 Å². The van der Waals surface area contributed by atoms with E-state index in [-0.39, 0.29) is 11.7 Å². The van der Waals surface area contributed by atoms with Crippen molar-refractivity contribution in [2.75, 3.05) is 11.1 Å². The number of nitrogens with one attached hydrogen (secondary N) is 1. The summed E-state index contributed by atoms with van der Waals surface area (Å²) in [6.45, 7) is 2.83. The maximum Gasteiger partial charge on any atom is 0.250 e. The average molecular weight is 345 g/mol. The molecule has 1 aliphatic rings. The van der Waals surface area contributed by atoms with E-state index in [0.29, 0.717) is 17.2 Å². The highest BCUT2D eigenvalue weighted by molar-refractivity contribution is 7.99. The van der Waals surface area contributed by atoms with Gasteiger partial charge in [0, 0.05) is 12.5 Å². The van der Waals surface area contributed by atoms with Gasteiger partial charge in [-0.05, 0) is 31.9 Å². The monoisotopic (exact) mass is 345 g/mol. The molecule has 3 rings (SSSR count). The molecule has 1 aromatic carbocycles. The Morgan fingerprint density at radius 1 is 1.33 bits per heavy atom. The number of anilines is 1. The first kappa shape index (κ1) is 16.5. The number of thioether (sulfide) groups is 1. The van der Waals surface area contributed by atoms with Gasteiger partial charge in [0.1, 0.15) is 5.82 Å². The smallest absolute Gasteiger partial charge is 0.250 e. The summed E-state index contributed by atoms with van der Waals surface area (Å²) in [5.74, 6) is 0.934. The standard InChI is InChI=1S/C16H19N5O2S/c1-2-21-15(10-7-8-10)19-20-16(21)24-9-13(22)18-12-6-4-3-5-11(12)14(17)23/h3-6,10H,2,7-9H2,1H3,(H2,17,23)(H,18,22). The minimum absolute atomic E-state index is 0.190. The summed E-state index contributed by atoms with van der Waals surface area (Å²) in [5.41, 5.74) is 6.03. The van der Waals surface area contributed by atoms with Crippen LogP contribution >= 0.6 is 11.8 Å². The van der Waals surface area contributed by atoms with Crippen LogP contribution in [-0.2, 0) is 11.3 Å². The van der Waals surface area contributed by atoms with E-state index in [9.17, 15) is 9.59 Å². The van der Waals surface area contributed by atoms with E-state index >= 15 is 0 Å². The lowest BCUT2D eigenvalue weighted by molar-refractivity contribution is -0.113. The lowest BCUT2D eigenvalue weighted by Gasteiger charge is -2.09. The van der Waals surface area contributed by atoms with Crippen molar-refractivity contribution < 1.29 is 9.59 Å². The first-order chi connectivity index (χ1) is 11.6. The Labute approximate surface area is 144 Å². The first-order valence-electron chi connectivity index (χ1n) is 7.84. The normalized spacial score (nSPS) is 13.7. The lowest BCUT2D eigenvalue weighted by atomic mass is 10.1. The molecule has 7 nitrogen and oxygen atoms in total. The first-order valence-corrected chi connectivity index (χ1v) is 8.83. The van der Waals surface area contributed by atoms with E-state index < -0.39 is 5.91 Å². The maximum absolute atomic E-state index is 12.2. The van der Waals surface area contributed by atoms with Crippen molar-refractivity contribution in [2.24, 2.45) is 5.73 Å². The van der Waals surface area contributed by atoms with Crippen molar-refractivity contribution in [3.8, 4) is 0 Å². The number of para-hydroxylation sites is 1. The van der Waals surface area contributed by atoms with Crippen molar-refractivity contribution in [3.63, 3.8) is 0 Å². The van der Waals surface area contributed by atoms with Gasteiger partial charge in [-0.2, -0.15) is 0 Å². The molecule has 0 aliphatic heterocycles. The molecule has 3 N–H and O–H groups in total. The summed E-state index contributed by atoms with van der Waals surface area (Å²) < 4.78 is 2.06. The van der Waals surface area contributed by atoms with E-state index in [0.717, 1.165) is 30.4 Å². The molecule has 2 amide bonds. The largest absolute Gasteiger partial charge is 0.366 e. The van der Waals surface area contributed by atoms with Gasteiger partial charge in [-0.25, -0.2) is 0 Å². The van der Waals surface area contributed by atoms with Gasteiger partial charge < -0.3 is 15.6 Å². The van der Waals surface area contributed by atoms with Crippen molar-refractivity contribution in [1.29, 1.82) is 0 Å². The molecule has 1 saturated carbocycles. The summed E-state index contributed by atoms with van der Waals surface area (Å²) >= 11 is 1.34. The van der Waals surface area contributed by atoms with Gasteiger partial charge in [0.2, 0.25) is 5.91 Å². The second kappa shape index (κ2) is 7.04. The van der Waals surface area contributed by atoms with Crippen LogP contribution in [0.4, 0.5) is 5.69 Å². The van der Waals surface area contributed by atoms with Crippen LogP contribution < -0.4 is 11.1 Å². The number of carbonyl (C=O) groups is 2. The molecule has 0 saturated heterocycles. The average Bonchev–Trinajstić information content (AvgIpc) is 3.33. The number of amides is 2. The molecule has 24 heavy (non-hydrogen) atoms. The van der Waals surface area contributed by atoms with Gasteiger partial charge in [-0.3, -0.25) is 9.59 Å². The van der Waals surface area contributed by atoms with Crippen LogP contribution in [0.25, 0.3) is 0 Å². The molecule has 126 valence electrons. The van der Waals surface area contributed by atoms with Crippen LogP contribution in [0, 0.1) is 0 Å². The second-order valence-corrected chi connectivity index (χ2v) is 6.55. The number of nitrogens with zero attached hydrogens (tertiary/aromatic N) is 3. The number of hydrogen-bond acceptors (Lipinski definition) is 5. The number of nitrogens with two attached hydrogens (primary N) is 1. The predicted molar refractivity (Wildman–Crippen MR) is 92.0 cm³/mol. The quantitative estimate of drug-likeness (QED) is 0.747. The number of benzene rings is 1. The van der Waals surface area contributed by atoms with E-state index in [4.69, 9.17) is 5.73 Å². The van der Waals surface area contributed by atoms with Crippen molar-refractivity contribution in [1.82, 2.24) is 14.8 Å². The van der Waals surface area contributed by atoms with Crippen LogP contribution in [0.15, 0.2) is 29.4 Å². The highest BCUT2D eigenvalue weighted by Crippen LogP contribution is 2.39. The zero-order valence-corrected chi connectivity index (χ0v) is 14.2. The summed E-state index contributed by atoms with van der Waals surface area (Å²) in [6.07, 6.45) is 2.32. The fourth-order valence-corrected chi connectivity index (χ4v) is 3.28. The van der Waals surface area contributed by atoms with Gasteiger partial charge >= 0.3 is 0 Å². The number of carbonyl (C=O) groups excluding carboxylic acids is 2. The van der Waals surface area contributed by atoms with Crippen molar-refractivity contribution in [3.05, 3.63) is 35.7 Å². The van der Waals surface area contributed by atoms with Gasteiger partial charge in [0.05, 0.1) is 17.0 Å². The highest BCUT2D eigenvalue weighted by atomic mass is 32.2. The fraction of sp³-hybridized carbons (Fsp3) is 0.375. The van der Waals surface area contributed by atoms with Crippen LogP contribution in [0.3, 0.4) is 0 Å². The van der Waals surface area contributed by atoms with Gasteiger partial charge in [-0.15, -0.1) is 10.2 Å². The second-order valence-electron chi connectivity index (χ2n) is 5.61. The third kappa shape index (κ3) is 3.59. The number of primary amides is 1. The third-order valence-corrected chi connectivity index (χ3v) is 4.77. The van der Waals surface area contributed by atoms with E-state index in [1.54, 1.807) is 24.3 Å². The summed E-state index contributed by atoms with van der Waals surface area (Å²) in [6, 6.07) is 6.68. The lowest BCUT2D eigenvalue weighted by Crippen LogP contribution is -2.19. The van der Waals surface area contributed by atoms with Crippen LogP contribution in [-0.4, -0.2) is 32.3 Å². The predicted octanol–water partition coefficient (Wildman–Crippen LogP) is 2.01. The van der Waals surface area contributed by atoms with Crippen LogP contribution in [0.2, 0.25) is 0 Å². The Morgan fingerprint density at radius 2 is 2.08 bits per heavy atom. The molecular formula is C16H19N5O2S. The number of hydrogen-bond donors (Lipinski definition) is 2. The minimum Gasteiger partial charge on any atom is -0.366 e. The Balaban J connectivity index is 1.63. The molecule has 0 bridgehead atoms. The van der Waals surface area contributed by atoms with Gasteiger partial charge in [0.25, 0.3) is 5.91 Å². The molecule has 0 radical (unpaired) electrons. The molecule has 0 spiro atoms. The van der Waals surface area contributed by atoms with Crippen molar-refractivity contribution in [2.45, 2.75) is 37.4 Å². The minimum atomic E-state index is -0.571.